The lowest BCUT2D eigenvalue weighted by Gasteiger charge is -2.07. The molecule has 0 amide bonds. The molecule has 138 valence electrons. The number of aromatic nitrogens is 3. The molecule has 0 bridgehead atoms. The smallest absolute Gasteiger partial charge is 0.336 e. The summed E-state index contributed by atoms with van der Waals surface area (Å²) in [5, 5.41) is 10.6. The number of rotatable bonds is 4. The second kappa shape index (κ2) is 6.94. The van der Waals surface area contributed by atoms with Crippen molar-refractivity contribution in [1.29, 1.82) is 0 Å². The van der Waals surface area contributed by atoms with Gasteiger partial charge < -0.3 is 8.83 Å². The molecule has 0 N–H and O–H groups in total. The summed E-state index contributed by atoms with van der Waals surface area (Å²) in [6.07, 6.45) is 0. The highest BCUT2D eigenvalue weighted by atomic mass is 32.2. The molecule has 0 fully saturated rings. The van der Waals surface area contributed by atoms with E-state index in [2.05, 4.69) is 15.2 Å². The van der Waals surface area contributed by atoms with Crippen LogP contribution in [0.2, 0.25) is 0 Å². The Morgan fingerprint density at radius 1 is 1.04 bits per heavy atom. The first-order chi connectivity index (χ1) is 12.9. The van der Waals surface area contributed by atoms with E-state index < -0.39 is 0 Å². The second-order valence-corrected chi connectivity index (χ2v) is 8.46. The third-order valence-electron chi connectivity index (χ3n) is 4.30. The number of hydrogen-bond donors (Lipinski definition) is 0. The molecule has 0 spiro atoms. The van der Waals surface area contributed by atoms with Crippen LogP contribution in [0, 0.1) is 27.7 Å². The van der Waals surface area contributed by atoms with Crippen molar-refractivity contribution in [3.8, 4) is 10.8 Å². The Bertz CT molecular complexity index is 1210. The molecular weight excluding hydrogens is 382 g/mol. The van der Waals surface area contributed by atoms with Gasteiger partial charge in [0.1, 0.15) is 10.5 Å². The maximum Gasteiger partial charge on any atom is 0.336 e. The van der Waals surface area contributed by atoms with Gasteiger partial charge in [0.15, 0.2) is 0 Å². The lowest BCUT2D eigenvalue weighted by molar-refractivity contribution is 0.466. The van der Waals surface area contributed by atoms with Crippen molar-refractivity contribution < 1.29 is 8.83 Å². The Morgan fingerprint density at radius 3 is 2.56 bits per heavy atom. The lowest BCUT2D eigenvalue weighted by atomic mass is 10.0. The Hall–Kier alpha value is -2.45. The largest absolute Gasteiger partial charge is 0.423 e. The molecule has 0 saturated heterocycles. The summed E-state index contributed by atoms with van der Waals surface area (Å²) >= 11 is 2.93. The molecule has 0 atom stereocenters. The summed E-state index contributed by atoms with van der Waals surface area (Å²) in [7, 11) is 0. The summed E-state index contributed by atoms with van der Waals surface area (Å²) in [6, 6.07) is 5.48. The molecule has 0 aliphatic heterocycles. The zero-order chi connectivity index (χ0) is 19.1. The van der Waals surface area contributed by atoms with Gasteiger partial charge in [0.25, 0.3) is 11.1 Å². The molecule has 1 aromatic carbocycles. The minimum Gasteiger partial charge on any atom is -0.423 e. The number of nitrogens with zero attached hydrogens (tertiary/aromatic N) is 3. The third-order valence-corrected chi connectivity index (χ3v) is 6.23. The molecule has 0 saturated carbocycles. The molecule has 3 aromatic heterocycles. The minimum absolute atomic E-state index is 0.358. The van der Waals surface area contributed by atoms with Gasteiger partial charge in [-0.2, -0.15) is 0 Å². The van der Waals surface area contributed by atoms with Crippen molar-refractivity contribution in [2.24, 2.45) is 0 Å². The van der Waals surface area contributed by atoms with E-state index in [9.17, 15) is 4.79 Å². The summed E-state index contributed by atoms with van der Waals surface area (Å²) < 4.78 is 11.1. The maximum atomic E-state index is 11.9. The van der Waals surface area contributed by atoms with Crippen molar-refractivity contribution in [2.45, 2.75) is 38.7 Å². The number of thiazole rings is 1. The van der Waals surface area contributed by atoms with Crippen LogP contribution in [0.3, 0.4) is 0 Å². The maximum absolute atomic E-state index is 11.9. The Balaban J connectivity index is 1.62. The normalized spacial score (nSPS) is 11.4. The Labute approximate surface area is 163 Å². The van der Waals surface area contributed by atoms with Crippen molar-refractivity contribution in [3.63, 3.8) is 0 Å². The molecule has 0 aliphatic rings. The van der Waals surface area contributed by atoms with Gasteiger partial charge in [-0.3, -0.25) is 0 Å². The molecule has 4 aromatic rings. The van der Waals surface area contributed by atoms with Crippen molar-refractivity contribution in [2.75, 3.05) is 0 Å². The quantitative estimate of drug-likeness (QED) is 0.359. The van der Waals surface area contributed by atoms with E-state index in [1.54, 1.807) is 0 Å². The summed E-state index contributed by atoms with van der Waals surface area (Å²) in [5.74, 6) is 1.01. The van der Waals surface area contributed by atoms with E-state index in [-0.39, 0.29) is 5.63 Å². The number of fused-ring (bicyclic) bond motifs is 1. The van der Waals surface area contributed by atoms with Crippen LogP contribution in [0.4, 0.5) is 0 Å². The van der Waals surface area contributed by atoms with Crippen molar-refractivity contribution in [3.05, 3.63) is 56.0 Å². The predicted molar refractivity (Wildman–Crippen MR) is 106 cm³/mol. The Kier molecular flexibility index (Phi) is 4.61. The molecule has 0 aliphatic carbocycles. The minimum atomic E-state index is -0.358. The Morgan fingerprint density at radius 2 is 1.81 bits per heavy atom. The molecule has 27 heavy (non-hydrogen) atoms. The predicted octanol–water partition coefficient (Wildman–Crippen LogP) is 4.83. The van der Waals surface area contributed by atoms with Gasteiger partial charge in [0.05, 0.1) is 10.7 Å². The van der Waals surface area contributed by atoms with Crippen LogP contribution in [-0.4, -0.2) is 15.2 Å². The fourth-order valence-electron chi connectivity index (χ4n) is 2.83. The third kappa shape index (κ3) is 3.54. The van der Waals surface area contributed by atoms with Gasteiger partial charge in [-0.25, -0.2) is 9.78 Å². The number of aryl methyl sites for hydroxylation is 4. The first-order valence-corrected chi connectivity index (χ1v) is 10.2. The average molecular weight is 399 g/mol. The van der Waals surface area contributed by atoms with Gasteiger partial charge in [-0.15, -0.1) is 21.5 Å². The average Bonchev–Trinajstić information content (AvgIpc) is 3.20. The molecular formula is C19H17N3O3S2. The van der Waals surface area contributed by atoms with E-state index in [0.717, 1.165) is 37.7 Å². The number of hydrogen-bond acceptors (Lipinski definition) is 8. The summed E-state index contributed by atoms with van der Waals surface area (Å²) in [5.41, 5.74) is 4.26. The van der Waals surface area contributed by atoms with E-state index in [1.807, 2.05) is 39.8 Å². The van der Waals surface area contributed by atoms with E-state index in [0.29, 0.717) is 22.4 Å². The highest BCUT2D eigenvalue weighted by molar-refractivity contribution is 7.98. The number of thioether (sulfide) groups is 1. The van der Waals surface area contributed by atoms with Crippen LogP contribution in [0.1, 0.15) is 27.4 Å². The van der Waals surface area contributed by atoms with Crippen LogP contribution in [0.15, 0.2) is 37.1 Å². The monoisotopic (exact) mass is 399 g/mol. The fraction of sp³-hybridized carbons (Fsp3) is 0.263. The fourth-order valence-corrected chi connectivity index (χ4v) is 4.43. The van der Waals surface area contributed by atoms with Crippen LogP contribution < -0.4 is 5.63 Å². The summed E-state index contributed by atoms with van der Waals surface area (Å²) in [6.45, 7) is 7.91. The van der Waals surface area contributed by atoms with Crippen LogP contribution >= 0.6 is 23.1 Å². The van der Waals surface area contributed by atoms with Gasteiger partial charge in [0.2, 0.25) is 0 Å². The molecule has 4 rings (SSSR count). The standard InChI is InChI=1S/C19H17N3O3S2/c1-9-5-14-13(7-16(23)24-15(14)6-10(9)2)8-26-19-22-21-18(25-19)17-11(3)20-12(4)27-17/h5-7H,8H2,1-4H3. The van der Waals surface area contributed by atoms with E-state index >= 15 is 0 Å². The zero-order valence-corrected chi connectivity index (χ0v) is 17.0. The van der Waals surface area contributed by atoms with Crippen molar-refractivity contribution in [1.82, 2.24) is 15.2 Å². The SMILES string of the molecule is Cc1nc(C)c(-c2nnc(SCc3cc(=O)oc4cc(C)c(C)cc34)o2)s1. The molecule has 6 nitrogen and oxygen atoms in total. The van der Waals surface area contributed by atoms with Gasteiger partial charge >= 0.3 is 5.63 Å². The highest BCUT2D eigenvalue weighted by Crippen LogP contribution is 2.32. The number of benzene rings is 1. The molecule has 3 heterocycles. The van der Waals surface area contributed by atoms with Gasteiger partial charge in [-0.1, -0.05) is 11.8 Å². The first-order valence-electron chi connectivity index (χ1n) is 8.35. The van der Waals surface area contributed by atoms with Gasteiger partial charge in [-0.05, 0) is 56.5 Å². The first kappa shape index (κ1) is 17.9. The summed E-state index contributed by atoms with van der Waals surface area (Å²) in [4.78, 5) is 17.2. The van der Waals surface area contributed by atoms with Crippen molar-refractivity contribution >= 4 is 34.1 Å². The van der Waals surface area contributed by atoms with Gasteiger partial charge in [0, 0.05) is 17.2 Å². The van der Waals surface area contributed by atoms with Crippen LogP contribution in [-0.2, 0) is 5.75 Å². The second-order valence-electron chi connectivity index (χ2n) is 6.33. The molecule has 0 radical (unpaired) electrons. The zero-order valence-electron chi connectivity index (χ0n) is 15.3. The van der Waals surface area contributed by atoms with Crippen LogP contribution in [0.5, 0.6) is 0 Å². The molecule has 8 heteroatoms. The van der Waals surface area contributed by atoms with E-state index in [4.69, 9.17) is 8.83 Å². The highest BCUT2D eigenvalue weighted by Gasteiger charge is 2.16. The molecule has 0 unspecified atom stereocenters. The lowest BCUT2D eigenvalue weighted by Crippen LogP contribution is -2.00. The van der Waals surface area contributed by atoms with E-state index in [1.165, 1.54) is 29.2 Å². The van der Waals surface area contributed by atoms with Crippen LogP contribution in [0.25, 0.3) is 21.7 Å². The topological polar surface area (TPSA) is 82.0 Å².